The summed E-state index contributed by atoms with van der Waals surface area (Å²) in [5.41, 5.74) is 0.336. The molecule has 5 nitrogen and oxygen atoms in total. The van der Waals surface area contributed by atoms with E-state index >= 15 is 0 Å². The van der Waals surface area contributed by atoms with Gasteiger partial charge in [0, 0.05) is 18.3 Å². The van der Waals surface area contributed by atoms with Gasteiger partial charge in [0.05, 0.1) is 15.8 Å². The molecule has 1 aliphatic heterocycles. The van der Waals surface area contributed by atoms with Crippen molar-refractivity contribution in [2.24, 2.45) is 0 Å². The molecule has 0 aliphatic carbocycles. The second-order valence-electron chi connectivity index (χ2n) is 7.50. The minimum absolute atomic E-state index is 0.306. The lowest BCUT2D eigenvalue weighted by atomic mass is 10.0. The zero-order chi connectivity index (χ0) is 21.5. The number of hydrogen-bond donors (Lipinski definition) is 1. The third kappa shape index (κ3) is 3.86. The molecule has 3 aromatic rings. The number of thiophene rings is 1. The number of carbonyl (C=O) groups is 1. The quantitative estimate of drug-likeness (QED) is 0.579. The van der Waals surface area contributed by atoms with E-state index < -0.39 is 11.7 Å². The second kappa shape index (κ2) is 7.86. The molecule has 0 radical (unpaired) electrons. The van der Waals surface area contributed by atoms with Crippen molar-refractivity contribution in [2.75, 3.05) is 16.8 Å². The Hall–Kier alpha value is -2.68. The molecule has 4 rings (SSSR count). The Balaban J connectivity index is 1.64. The summed E-state index contributed by atoms with van der Waals surface area (Å²) in [7, 11) is 0. The molecule has 1 amide bonds. The number of benzene rings is 1. The average Bonchev–Trinajstić information content (AvgIpc) is 3.05. The van der Waals surface area contributed by atoms with Crippen LogP contribution in [0.1, 0.15) is 47.0 Å². The van der Waals surface area contributed by atoms with Crippen LogP contribution in [-0.2, 0) is 6.18 Å². The van der Waals surface area contributed by atoms with E-state index in [0.29, 0.717) is 16.6 Å². The van der Waals surface area contributed by atoms with E-state index in [9.17, 15) is 18.0 Å². The van der Waals surface area contributed by atoms with Crippen molar-refractivity contribution in [3.8, 4) is 0 Å². The monoisotopic (exact) mass is 434 g/mol. The first-order valence-electron chi connectivity index (χ1n) is 9.75. The van der Waals surface area contributed by atoms with Gasteiger partial charge in [0.2, 0.25) is 0 Å². The Morgan fingerprint density at radius 2 is 1.93 bits per heavy atom. The van der Waals surface area contributed by atoms with Crippen LogP contribution in [0, 0.1) is 6.92 Å². The molecule has 1 atom stereocenters. The van der Waals surface area contributed by atoms with Gasteiger partial charge in [-0.1, -0.05) is 0 Å². The van der Waals surface area contributed by atoms with Gasteiger partial charge in [0.15, 0.2) is 0 Å². The van der Waals surface area contributed by atoms with Crippen molar-refractivity contribution in [2.45, 2.75) is 45.3 Å². The van der Waals surface area contributed by atoms with E-state index in [4.69, 9.17) is 0 Å². The Bertz CT molecular complexity index is 1080. The highest BCUT2D eigenvalue weighted by atomic mass is 32.1. The molecule has 1 saturated heterocycles. The number of aromatic nitrogens is 2. The zero-order valence-electron chi connectivity index (χ0n) is 16.6. The van der Waals surface area contributed by atoms with Gasteiger partial charge in [-0.05, 0) is 62.9 Å². The number of aryl methyl sites for hydroxylation is 1. The molecule has 30 heavy (non-hydrogen) atoms. The number of amides is 1. The number of hydrogen-bond acceptors (Lipinski definition) is 5. The predicted molar refractivity (Wildman–Crippen MR) is 112 cm³/mol. The Labute approximate surface area is 175 Å². The number of halogens is 3. The number of nitrogens with zero attached hydrogens (tertiary/aromatic N) is 3. The van der Waals surface area contributed by atoms with Crippen molar-refractivity contribution in [3.63, 3.8) is 0 Å². The molecule has 0 spiro atoms. The van der Waals surface area contributed by atoms with Gasteiger partial charge >= 0.3 is 6.18 Å². The average molecular weight is 434 g/mol. The molecule has 1 unspecified atom stereocenters. The first kappa shape index (κ1) is 20.6. The normalized spacial score (nSPS) is 17.4. The highest BCUT2D eigenvalue weighted by molar-refractivity contribution is 7.20. The summed E-state index contributed by atoms with van der Waals surface area (Å²) in [6, 6.07) is 4.78. The number of carbonyl (C=O) groups excluding carboxylic acids is 1. The molecule has 0 bridgehead atoms. The summed E-state index contributed by atoms with van der Waals surface area (Å²) in [6.45, 7) is 4.95. The number of rotatable bonds is 3. The predicted octanol–water partition coefficient (Wildman–Crippen LogP) is 5.65. The summed E-state index contributed by atoms with van der Waals surface area (Å²) < 4.78 is 38.2. The Morgan fingerprint density at radius 1 is 1.20 bits per heavy atom. The van der Waals surface area contributed by atoms with Gasteiger partial charge in [-0.15, -0.1) is 11.3 Å². The lowest BCUT2D eigenvalue weighted by Crippen LogP contribution is -2.38. The van der Waals surface area contributed by atoms with Gasteiger partial charge in [0.1, 0.15) is 17.0 Å². The molecule has 0 saturated carbocycles. The van der Waals surface area contributed by atoms with E-state index in [0.717, 1.165) is 53.1 Å². The fourth-order valence-corrected chi connectivity index (χ4v) is 4.87. The van der Waals surface area contributed by atoms with E-state index in [1.165, 1.54) is 36.2 Å². The maximum absolute atomic E-state index is 12.9. The van der Waals surface area contributed by atoms with Crippen LogP contribution in [0.25, 0.3) is 10.2 Å². The van der Waals surface area contributed by atoms with Crippen LogP contribution in [0.5, 0.6) is 0 Å². The van der Waals surface area contributed by atoms with Crippen LogP contribution >= 0.6 is 11.3 Å². The molecule has 1 aliphatic rings. The third-order valence-corrected chi connectivity index (χ3v) is 6.66. The van der Waals surface area contributed by atoms with Crippen LogP contribution in [0.4, 0.5) is 24.7 Å². The van der Waals surface area contributed by atoms with Crippen LogP contribution in [0.3, 0.4) is 0 Å². The molecule has 1 aromatic carbocycles. The summed E-state index contributed by atoms with van der Waals surface area (Å²) >= 11 is 1.27. The largest absolute Gasteiger partial charge is 0.416 e. The van der Waals surface area contributed by atoms with E-state index in [-0.39, 0.29) is 5.91 Å². The van der Waals surface area contributed by atoms with Crippen molar-refractivity contribution >= 4 is 39.0 Å². The van der Waals surface area contributed by atoms with E-state index in [1.54, 1.807) is 0 Å². The zero-order valence-corrected chi connectivity index (χ0v) is 17.4. The van der Waals surface area contributed by atoms with Crippen molar-refractivity contribution in [1.82, 2.24) is 9.97 Å². The molecular weight excluding hydrogens is 413 g/mol. The minimum atomic E-state index is -4.41. The fraction of sp³-hybridized carbons (Fsp3) is 0.381. The Kier molecular flexibility index (Phi) is 5.40. The molecular formula is C21H21F3N4OS. The fourth-order valence-electron chi connectivity index (χ4n) is 3.83. The van der Waals surface area contributed by atoms with E-state index in [2.05, 4.69) is 27.1 Å². The molecule has 2 aromatic heterocycles. The highest BCUT2D eigenvalue weighted by Crippen LogP contribution is 2.37. The smallest absolute Gasteiger partial charge is 0.353 e. The number of nitrogens with one attached hydrogen (secondary N) is 1. The summed E-state index contributed by atoms with van der Waals surface area (Å²) in [6.07, 6.45) is 0.489. The number of fused-ring (bicyclic) bond motifs is 1. The van der Waals surface area contributed by atoms with Gasteiger partial charge < -0.3 is 10.2 Å². The number of alkyl halides is 3. The summed E-state index contributed by atoms with van der Waals surface area (Å²) in [4.78, 5) is 25.2. The van der Waals surface area contributed by atoms with Crippen LogP contribution in [-0.4, -0.2) is 28.5 Å². The molecule has 9 heteroatoms. The van der Waals surface area contributed by atoms with Crippen LogP contribution < -0.4 is 10.2 Å². The first-order valence-corrected chi connectivity index (χ1v) is 10.6. The molecule has 1 N–H and O–H groups in total. The molecule has 3 heterocycles. The highest BCUT2D eigenvalue weighted by Gasteiger charge is 2.30. The number of piperidine rings is 1. The van der Waals surface area contributed by atoms with Crippen molar-refractivity contribution < 1.29 is 18.0 Å². The SMILES string of the molecule is Cc1c(C(=O)Nc2ccc(C(F)(F)F)cc2)sc2ncnc(N3CCCCC3C)c12. The molecule has 158 valence electrons. The maximum Gasteiger partial charge on any atom is 0.416 e. The van der Waals surface area contributed by atoms with Gasteiger partial charge in [-0.2, -0.15) is 13.2 Å². The van der Waals surface area contributed by atoms with Crippen molar-refractivity contribution in [1.29, 1.82) is 0 Å². The van der Waals surface area contributed by atoms with Crippen LogP contribution in [0.2, 0.25) is 0 Å². The topological polar surface area (TPSA) is 58.1 Å². The summed E-state index contributed by atoms with van der Waals surface area (Å²) in [5.74, 6) is 0.474. The lowest BCUT2D eigenvalue weighted by Gasteiger charge is -2.34. The van der Waals surface area contributed by atoms with Crippen LogP contribution in [0.15, 0.2) is 30.6 Å². The molecule has 1 fully saturated rings. The minimum Gasteiger partial charge on any atom is -0.353 e. The Morgan fingerprint density at radius 3 is 2.60 bits per heavy atom. The van der Waals surface area contributed by atoms with Gasteiger partial charge in [-0.25, -0.2) is 9.97 Å². The van der Waals surface area contributed by atoms with Crippen molar-refractivity contribution in [3.05, 3.63) is 46.6 Å². The second-order valence-corrected chi connectivity index (χ2v) is 8.50. The van der Waals surface area contributed by atoms with Gasteiger partial charge in [0.25, 0.3) is 5.91 Å². The number of anilines is 2. The standard InChI is InChI=1S/C21H21F3N4OS/c1-12-5-3-4-10-28(12)18-16-13(2)17(30-20(16)26-11-25-18)19(29)27-15-8-6-14(7-9-15)21(22,23)24/h6-9,11-12H,3-5,10H2,1-2H3,(H,27,29). The summed E-state index contributed by atoms with van der Waals surface area (Å²) in [5, 5.41) is 3.56. The lowest BCUT2D eigenvalue weighted by molar-refractivity contribution is -0.137. The first-order chi connectivity index (χ1) is 14.3. The van der Waals surface area contributed by atoms with E-state index in [1.807, 2.05) is 6.92 Å². The maximum atomic E-state index is 12.9. The third-order valence-electron chi connectivity index (χ3n) is 5.46. The van der Waals surface area contributed by atoms with Gasteiger partial charge in [-0.3, -0.25) is 4.79 Å².